The molecule has 198 valence electrons. The fourth-order valence-corrected chi connectivity index (χ4v) is 6.28. The van der Waals surface area contributed by atoms with Crippen LogP contribution in [0.1, 0.15) is 31.4 Å². The highest BCUT2D eigenvalue weighted by atomic mass is 32.2. The number of aromatic nitrogens is 2. The van der Waals surface area contributed by atoms with Crippen LogP contribution in [0.4, 0.5) is 11.5 Å². The van der Waals surface area contributed by atoms with Gasteiger partial charge in [0, 0.05) is 38.4 Å². The molecule has 0 N–H and O–H groups in total. The molecule has 10 heteroatoms. The maximum absolute atomic E-state index is 13.8. The Balaban J connectivity index is 1.54. The maximum atomic E-state index is 13.8. The molecule has 0 aliphatic carbocycles. The summed E-state index contributed by atoms with van der Waals surface area (Å²) >= 11 is 6.77. The number of rotatable bonds is 6. The summed E-state index contributed by atoms with van der Waals surface area (Å²) in [5, 5.41) is 0. The van der Waals surface area contributed by atoms with Crippen molar-refractivity contribution in [3.05, 3.63) is 69.0 Å². The van der Waals surface area contributed by atoms with E-state index in [1.165, 1.54) is 11.8 Å². The first-order chi connectivity index (χ1) is 18.3. The molecule has 2 saturated heterocycles. The zero-order valence-corrected chi connectivity index (χ0v) is 23.6. The zero-order chi connectivity index (χ0) is 27.0. The highest BCUT2D eigenvalue weighted by molar-refractivity contribution is 8.26. The Morgan fingerprint density at radius 3 is 2.53 bits per heavy atom. The fraction of sp³-hybridized carbons (Fsp3) is 0.357. The third-order valence-electron chi connectivity index (χ3n) is 7.12. The first-order valence-electron chi connectivity index (χ1n) is 12.7. The largest absolute Gasteiger partial charge is 0.495 e. The van der Waals surface area contributed by atoms with Crippen molar-refractivity contribution < 1.29 is 9.53 Å². The summed E-state index contributed by atoms with van der Waals surface area (Å²) < 4.78 is 7.64. The van der Waals surface area contributed by atoms with Crippen LogP contribution in [0, 0.1) is 6.92 Å². The lowest BCUT2D eigenvalue weighted by molar-refractivity contribution is -0.123. The smallest absolute Gasteiger partial charge is 0.267 e. The number of thiocarbonyl (C=S) groups is 1. The van der Waals surface area contributed by atoms with E-state index in [-0.39, 0.29) is 17.5 Å². The number of carbonyl (C=O) groups is 1. The topological polar surface area (TPSA) is 70.4 Å². The minimum Gasteiger partial charge on any atom is -0.495 e. The van der Waals surface area contributed by atoms with Gasteiger partial charge < -0.3 is 14.5 Å². The number of fused-ring (bicyclic) bond motifs is 1. The molecule has 3 aromatic rings. The van der Waals surface area contributed by atoms with Crippen LogP contribution >= 0.6 is 24.0 Å². The van der Waals surface area contributed by atoms with Gasteiger partial charge in [-0.15, -0.1) is 0 Å². The van der Waals surface area contributed by atoms with Gasteiger partial charge in [0.2, 0.25) is 0 Å². The lowest BCUT2D eigenvalue weighted by Crippen LogP contribution is -2.47. The van der Waals surface area contributed by atoms with E-state index < -0.39 is 0 Å². The van der Waals surface area contributed by atoms with Gasteiger partial charge in [-0.2, -0.15) is 0 Å². The van der Waals surface area contributed by atoms with E-state index in [0.717, 1.165) is 36.5 Å². The van der Waals surface area contributed by atoms with Gasteiger partial charge in [-0.1, -0.05) is 49.1 Å². The molecule has 0 spiro atoms. The Bertz CT molecular complexity index is 1490. The number of thioether (sulfide) groups is 1. The third-order valence-corrected chi connectivity index (χ3v) is 8.45. The standard InChI is InChI=1S/C28H31N5O3S2/c1-5-19(3)33-27(35)23(38-28(33)37)16-20-25(29-24-11-10-18(2)17-32(24)26(20)34)31-14-12-30(13-15-31)21-8-6-7-9-22(21)36-4/h6-11,16-17,19H,5,12-15H2,1-4H3. The molecular weight excluding hydrogens is 518 g/mol. The maximum Gasteiger partial charge on any atom is 0.267 e. The van der Waals surface area contributed by atoms with Gasteiger partial charge in [0.15, 0.2) is 0 Å². The molecule has 0 bridgehead atoms. The minimum absolute atomic E-state index is 0.00518. The van der Waals surface area contributed by atoms with Crippen molar-refractivity contribution in [3.8, 4) is 5.75 Å². The number of amides is 1. The second kappa shape index (κ2) is 10.8. The van der Waals surface area contributed by atoms with Crippen molar-refractivity contribution in [2.24, 2.45) is 0 Å². The summed E-state index contributed by atoms with van der Waals surface area (Å²) in [4.78, 5) is 38.5. The molecule has 2 aromatic heterocycles. The number of anilines is 2. The molecule has 8 nitrogen and oxygen atoms in total. The van der Waals surface area contributed by atoms with Gasteiger partial charge in [-0.3, -0.25) is 18.9 Å². The van der Waals surface area contributed by atoms with E-state index in [4.69, 9.17) is 21.9 Å². The second-order valence-electron chi connectivity index (χ2n) is 9.54. The molecule has 38 heavy (non-hydrogen) atoms. The van der Waals surface area contributed by atoms with E-state index >= 15 is 0 Å². The van der Waals surface area contributed by atoms with E-state index in [0.29, 0.717) is 39.3 Å². The molecule has 4 heterocycles. The number of hydrogen-bond acceptors (Lipinski definition) is 8. The Hall–Kier alpha value is -3.37. The Kier molecular flexibility index (Phi) is 7.45. The van der Waals surface area contributed by atoms with Gasteiger partial charge in [0.05, 0.1) is 23.3 Å². The molecule has 1 amide bonds. The average molecular weight is 550 g/mol. The third kappa shape index (κ3) is 4.78. The van der Waals surface area contributed by atoms with E-state index in [1.807, 2.05) is 51.1 Å². The van der Waals surface area contributed by atoms with Crippen molar-refractivity contribution in [2.45, 2.75) is 33.2 Å². The van der Waals surface area contributed by atoms with Gasteiger partial charge in [-0.25, -0.2) is 4.98 Å². The van der Waals surface area contributed by atoms with E-state index in [1.54, 1.807) is 28.7 Å². The number of hydrogen-bond donors (Lipinski definition) is 0. The number of methoxy groups -OCH3 is 1. The van der Waals surface area contributed by atoms with Crippen LogP contribution < -0.4 is 20.1 Å². The van der Waals surface area contributed by atoms with E-state index in [2.05, 4.69) is 15.9 Å². The van der Waals surface area contributed by atoms with Gasteiger partial charge >= 0.3 is 0 Å². The number of para-hydroxylation sites is 2. The number of carbonyl (C=O) groups excluding carboxylic acids is 1. The lowest BCUT2D eigenvalue weighted by atomic mass is 10.2. The molecule has 0 radical (unpaired) electrons. The van der Waals surface area contributed by atoms with Crippen molar-refractivity contribution in [1.82, 2.24) is 14.3 Å². The molecule has 2 aliphatic heterocycles. The van der Waals surface area contributed by atoms with Gasteiger partial charge in [0.1, 0.15) is 21.5 Å². The molecule has 2 aliphatic rings. The predicted octanol–water partition coefficient (Wildman–Crippen LogP) is 4.34. The highest BCUT2D eigenvalue weighted by Crippen LogP contribution is 2.36. The predicted molar refractivity (Wildman–Crippen MR) is 158 cm³/mol. The average Bonchev–Trinajstić information content (AvgIpc) is 3.22. The van der Waals surface area contributed by atoms with E-state index in [9.17, 15) is 9.59 Å². The van der Waals surface area contributed by atoms with Crippen LogP contribution in [-0.2, 0) is 4.79 Å². The summed E-state index contributed by atoms with van der Waals surface area (Å²) in [6.07, 6.45) is 4.27. The molecule has 0 saturated carbocycles. The van der Waals surface area contributed by atoms with Crippen molar-refractivity contribution in [2.75, 3.05) is 43.1 Å². The molecule has 1 aromatic carbocycles. The van der Waals surface area contributed by atoms with Crippen molar-refractivity contribution in [1.29, 1.82) is 0 Å². The summed E-state index contributed by atoms with van der Waals surface area (Å²) in [5.41, 5.74) is 2.78. The van der Waals surface area contributed by atoms with Gasteiger partial charge in [-0.05, 0) is 50.1 Å². The summed E-state index contributed by atoms with van der Waals surface area (Å²) in [6, 6.07) is 11.8. The number of aryl methyl sites for hydroxylation is 1. The van der Waals surface area contributed by atoms with Crippen LogP contribution in [0.25, 0.3) is 11.7 Å². The number of pyridine rings is 1. The number of piperazine rings is 1. The summed E-state index contributed by atoms with van der Waals surface area (Å²) in [6.45, 7) is 8.76. The molecule has 2 fully saturated rings. The Labute approximate surface area is 231 Å². The van der Waals surface area contributed by atoms with Crippen LogP contribution in [0.15, 0.2) is 52.3 Å². The Morgan fingerprint density at radius 2 is 1.82 bits per heavy atom. The van der Waals surface area contributed by atoms with Crippen molar-refractivity contribution in [3.63, 3.8) is 0 Å². The first-order valence-corrected chi connectivity index (χ1v) is 14.0. The second-order valence-corrected chi connectivity index (χ2v) is 11.2. The lowest BCUT2D eigenvalue weighted by Gasteiger charge is -2.37. The zero-order valence-electron chi connectivity index (χ0n) is 22.0. The number of benzene rings is 1. The summed E-state index contributed by atoms with van der Waals surface area (Å²) in [7, 11) is 1.68. The monoisotopic (exact) mass is 549 g/mol. The molecule has 1 unspecified atom stereocenters. The Morgan fingerprint density at radius 1 is 1.11 bits per heavy atom. The van der Waals surface area contributed by atoms with Crippen LogP contribution in [0.2, 0.25) is 0 Å². The molecule has 5 rings (SSSR count). The van der Waals surface area contributed by atoms with Crippen LogP contribution in [0.3, 0.4) is 0 Å². The fourth-order valence-electron chi connectivity index (χ4n) is 4.84. The van der Waals surface area contributed by atoms with Gasteiger partial charge in [0.25, 0.3) is 11.5 Å². The normalized spacial score (nSPS) is 18.1. The van der Waals surface area contributed by atoms with Crippen LogP contribution in [0.5, 0.6) is 5.75 Å². The number of ether oxygens (including phenoxy) is 1. The quantitative estimate of drug-likeness (QED) is 0.332. The SMILES string of the molecule is CCC(C)N1C(=O)C(=Cc2c(N3CCN(c4ccccc4OC)CC3)nc3ccc(C)cn3c2=O)SC1=S. The number of nitrogens with zero attached hydrogens (tertiary/aromatic N) is 5. The molecular formula is C28H31N5O3S2. The highest BCUT2D eigenvalue weighted by Gasteiger charge is 2.35. The van der Waals surface area contributed by atoms with Crippen molar-refractivity contribution >= 4 is 57.4 Å². The minimum atomic E-state index is -0.199. The first kappa shape index (κ1) is 26.2. The van der Waals surface area contributed by atoms with Crippen LogP contribution in [-0.4, -0.2) is 63.8 Å². The summed E-state index contributed by atoms with van der Waals surface area (Å²) in [5.74, 6) is 1.27. The molecule has 1 atom stereocenters.